The number of unbranched alkanes of at least 4 members (excludes halogenated alkanes) is 2. The van der Waals surface area contributed by atoms with E-state index in [1.54, 1.807) is 0 Å². The van der Waals surface area contributed by atoms with Gasteiger partial charge in [-0.1, -0.05) is 53.4 Å². The highest BCUT2D eigenvalue weighted by molar-refractivity contribution is 7.99. The molecule has 1 aliphatic rings. The summed E-state index contributed by atoms with van der Waals surface area (Å²) in [7, 11) is 0. The molecule has 1 aliphatic carbocycles. The maximum atomic E-state index is 2.43. The summed E-state index contributed by atoms with van der Waals surface area (Å²) < 4.78 is 0. The summed E-state index contributed by atoms with van der Waals surface area (Å²) in [4.78, 5) is 0. The van der Waals surface area contributed by atoms with Gasteiger partial charge in [0.05, 0.1) is 0 Å². The molecular weight excluding hydrogens is 212 g/mol. The van der Waals surface area contributed by atoms with Crippen molar-refractivity contribution in [1.29, 1.82) is 0 Å². The van der Waals surface area contributed by atoms with Crippen molar-refractivity contribution in [3.63, 3.8) is 0 Å². The zero-order valence-electron chi connectivity index (χ0n) is 11.7. The van der Waals surface area contributed by atoms with Crippen LogP contribution in [0.3, 0.4) is 0 Å². The highest BCUT2D eigenvalue weighted by atomic mass is 32.2. The van der Waals surface area contributed by atoms with Crippen LogP contribution in [0.1, 0.15) is 72.6 Å². The van der Waals surface area contributed by atoms with Crippen LogP contribution >= 0.6 is 11.8 Å². The van der Waals surface area contributed by atoms with Gasteiger partial charge in [-0.05, 0) is 36.3 Å². The first-order valence-corrected chi connectivity index (χ1v) is 8.22. The van der Waals surface area contributed by atoms with E-state index in [4.69, 9.17) is 0 Å². The average Bonchev–Trinajstić information content (AvgIpc) is 2.24. The molecule has 0 saturated heterocycles. The first kappa shape index (κ1) is 14.4. The lowest BCUT2D eigenvalue weighted by Crippen LogP contribution is -2.33. The number of hydrogen-bond donors (Lipinski definition) is 0. The van der Waals surface area contributed by atoms with Crippen LogP contribution in [-0.2, 0) is 0 Å². The normalized spacial score (nSPS) is 27.0. The van der Waals surface area contributed by atoms with Crippen molar-refractivity contribution in [3.8, 4) is 0 Å². The Hall–Kier alpha value is 0.350. The molecule has 1 saturated carbocycles. The monoisotopic (exact) mass is 242 g/mol. The van der Waals surface area contributed by atoms with Gasteiger partial charge >= 0.3 is 0 Å². The fraction of sp³-hybridized carbons (Fsp3) is 1.00. The van der Waals surface area contributed by atoms with E-state index in [2.05, 4.69) is 39.5 Å². The highest BCUT2D eigenvalue weighted by Crippen LogP contribution is 2.43. The summed E-state index contributed by atoms with van der Waals surface area (Å²) in [6, 6.07) is 0. The Morgan fingerprint density at radius 2 is 1.75 bits per heavy atom. The first-order chi connectivity index (χ1) is 7.55. The molecule has 1 rings (SSSR count). The number of rotatable bonds is 5. The van der Waals surface area contributed by atoms with E-state index in [9.17, 15) is 0 Å². The van der Waals surface area contributed by atoms with Gasteiger partial charge in [0.2, 0.25) is 0 Å². The van der Waals surface area contributed by atoms with E-state index in [-0.39, 0.29) is 0 Å². The molecule has 0 bridgehead atoms. The van der Waals surface area contributed by atoms with E-state index < -0.39 is 0 Å². The van der Waals surface area contributed by atoms with Crippen molar-refractivity contribution in [2.45, 2.75) is 77.9 Å². The molecule has 0 radical (unpaired) electrons. The van der Waals surface area contributed by atoms with Gasteiger partial charge in [-0.25, -0.2) is 0 Å². The minimum atomic E-state index is 0.517. The third-order valence-corrected chi connectivity index (χ3v) is 5.41. The zero-order chi connectivity index (χ0) is 12.0. The minimum absolute atomic E-state index is 0.517. The molecule has 0 N–H and O–H groups in total. The second-order valence-electron chi connectivity index (χ2n) is 6.37. The van der Waals surface area contributed by atoms with Gasteiger partial charge in [0.15, 0.2) is 0 Å². The molecule has 0 spiro atoms. The van der Waals surface area contributed by atoms with Gasteiger partial charge in [0.1, 0.15) is 0 Å². The van der Waals surface area contributed by atoms with Crippen LogP contribution in [0, 0.1) is 11.3 Å². The van der Waals surface area contributed by atoms with E-state index >= 15 is 0 Å². The molecule has 16 heavy (non-hydrogen) atoms. The van der Waals surface area contributed by atoms with Gasteiger partial charge in [-0.15, -0.1) is 0 Å². The molecule has 96 valence electrons. The summed E-state index contributed by atoms with van der Waals surface area (Å²) in [6.07, 6.45) is 10.1. The minimum Gasteiger partial charge on any atom is -0.158 e. The van der Waals surface area contributed by atoms with Crippen molar-refractivity contribution in [3.05, 3.63) is 0 Å². The molecule has 1 heteroatoms. The Morgan fingerprint density at radius 1 is 1.06 bits per heavy atom. The SMILES string of the molecule is CCCCCSC1CCCCC1C(C)(C)C. The molecule has 2 atom stereocenters. The molecule has 0 aliphatic heterocycles. The average molecular weight is 242 g/mol. The Balaban J connectivity index is 2.35. The van der Waals surface area contributed by atoms with Gasteiger partial charge in [-0.2, -0.15) is 11.8 Å². The van der Waals surface area contributed by atoms with Gasteiger partial charge < -0.3 is 0 Å². The van der Waals surface area contributed by atoms with Crippen molar-refractivity contribution in [2.75, 3.05) is 5.75 Å². The van der Waals surface area contributed by atoms with E-state index in [1.165, 1.54) is 50.7 Å². The van der Waals surface area contributed by atoms with Gasteiger partial charge in [-0.3, -0.25) is 0 Å². The smallest absolute Gasteiger partial charge is 0.00803 e. The molecule has 0 heterocycles. The van der Waals surface area contributed by atoms with Gasteiger partial charge in [0, 0.05) is 5.25 Å². The molecule has 0 amide bonds. The lowest BCUT2D eigenvalue weighted by Gasteiger charge is -2.40. The quantitative estimate of drug-likeness (QED) is 0.572. The lowest BCUT2D eigenvalue weighted by molar-refractivity contribution is 0.187. The molecule has 0 aromatic heterocycles. The third kappa shape index (κ3) is 4.69. The zero-order valence-corrected chi connectivity index (χ0v) is 12.5. The largest absolute Gasteiger partial charge is 0.158 e. The summed E-state index contributed by atoms with van der Waals surface area (Å²) in [5.41, 5.74) is 0.517. The Bertz CT molecular complexity index is 180. The predicted octanol–water partition coefficient (Wildman–Crippen LogP) is 5.51. The summed E-state index contributed by atoms with van der Waals surface area (Å²) in [6.45, 7) is 9.59. The predicted molar refractivity (Wildman–Crippen MR) is 77.2 cm³/mol. The number of hydrogen-bond acceptors (Lipinski definition) is 1. The third-order valence-electron chi connectivity index (χ3n) is 3.89. The first-order valence-electron chi connectivity index (χ1n) is 7.17. The molecule has 0 aromatic rings. The lowest BCUT2D eigenvalue weighted by atomic mass is 9.72. The van der Waals surface area contributed by atoms with E-state index in [0.29, 0.717) is 5.41 Å². The Labute approximate surface area is 107 Å². The van der Waals surface area contributed by atoms with Crippen LogP contribution in [0.5, 0.6) is 0 Å². The topological polar surface area (TPSA) is 0 Å². The fourth-order valence-electron chi connectivity index (χ4n) is 2.87. The Kier molecular flexibility index (Phi) is 6.25. The highest BCUT2D eigenvalue weighted by Gasteiger charge is 2.33. The summed E-state index contributed by atoms with van der Waals surface area (Å²) >= 11 is 2.27. The van der Waals surface area contributed by atoms with Crippen molar-refractivity contribution >= 4 is 11.8 Å². The second-order valence-corrected chi connectivity index (χ2v) is 7.72. The summed E-state index contributed by atoms with van der Waals surface area (Å²) in [5, 5.41) is 0.950. The fourth-order valence-corrected chi connectivity index (χ4v) is 4.66. The van der Waals surface area contributed by atoms with Crippen LogP contribution in [0.4, 0.5) is 0 Å². The van der Waals surface area contributed by atoms with E-state index in [0.717, 1.165) is 11.2 Å². The Morgan fingerprint density at radius 3 is 2.38 bits per heavy atom. The molecule has 0 aromatic carbocycles. The molecular formula is C15H30S. The second kappa shape index (κ2) is 6.93. The van der Waals surface area contributed by atoms with Crippen LogP contribution in [0.2, 0.25) is 0 Å². The van der Waals surface area contributed by atoms with Crippen LogP contribution in [0.25, 0.3) is 0 Å². The van der Waals surface area contributed by atoms with Gasteiger partial charge in [0.25, 0.3) is 0 Å². The van der Waals surface area contributed by atoms with E-state index in [1.807, 2.05) is 0 Å². The molecule has 1 fully saturated rings. The van der Waals surface area contributed by atoms with Crippen LogP contribution < -0.4 is 0 Å². The maximum Gasteiger partial charge on any atom is 0.00803 e. The van der Waals surface area contributed by atoms with Crippen LogP contribution in [0.15, 0.2) is 0 Å². The molecule has 2 unspecified atom stereocenters. The van der Waals surface area contributed by atoms with Crippen molar-refractivity contribution < 1.29 is 0 Å². The van der Waals surface area contributed by atoms with Crippen molar-refractivity contribution in [2.24, 2.45) is 11.3 Å². The molecule has 0 nitrogen and oxygen atoms in total. The van der Waals surface area contributed by atoms with Crippen LogP contribution in [-0.4, -0.2) is 11.0 Å². The standard InChI is InChI=1S/C15H30S/c1-5-6-9-12-16-14-11-8-7-10-13(14)15(2,3)4/h13-14H,5-12H2,1-4H3. The van der Waals surface area contributed by atoms with Crippen molar-refractivity contribution in [1.82, 2.24) is 0 Å². The summed E-state index contributed by atoms with van der Waals surface area (Å²) in [5.74, 6) is 2.35. The number of thioether (sulfide) groups is 1. The maximum absolute atomic E-state index is 2.43.